The van der Waals surface area contributed by atoms with E-state index < -0.39 is 0 Å². The first-order valence-electron chi connectivity index (χ1n) is 8.82. The average molecular weight is 325 g/mol. The minimum atomic E-state index is -0.247. The number of rotatable bonds is 5. The fourth-order valence-electron chi connectivity index (χ4n) is 3.25. The molecular formula is C19H23N3O2. The van der Waals surface area contributed by atoms with Gasteiger partial charge in [-0.15, -0.1) is 0 Å². The van der Waals surface area contributed by atoms with E-state index in [1.807, 2.05) is 52.3 Å². The predicted octanol–water partition coefficient (Wildman–Crippen LogP) is 2.93. The molecule has 5 heteroatoms. The van der Waals surface area contributed by atoms with Gasteiger partial charge in [-0.1, -0.05) is 18.2 Å². The number of ether oxygens (including phenoxy) is 1. The van der Waals surface area contributed by atoms with Crippen LogP contribution < -0.4 is 0 Å². The molecule has 1 aliphatic carbocycles. The molecule has 4 rings (SSSR count). The maximum atomic E-state index is 12.8. The Labute approximate surface area is 142 Å². The highest BCUT2D eigenvalue weighted by molar-refractivity contribution is 5.81. The molecule has 1 saturated heterocycles. The van der Waals surface area contributed by atoms with E-state index in [1.54, 1.807) is 0 Å². The number of nitrogens with zero attached hydrogens (tertiary/aromatic N) is 3. The maximum absolute atomic E-state index is 12.8. The van der Waals surface area contributed by atoms with E-state index in [1.165, 1.54) is 0 Å². The Hall–Kier alpha value is -2.14. The molecule has 2 aliphatic rings. The third-order valence-corrected chi connectivity index (χ3v) is 4.74. The minimum Gasteiger partial charge on any atom is -0.368 e. The normalized spacial score (nSPS) is 20.8. The quantitative estimate of drug-likeness (QED) is 0.849. The topological polar surface area (TPSA) is 47.4 Å². The van der Waals surface area contributed by atoms with Gasteiger partial charge in [0.15, 0.2) is 0 Å². The number of hydrogen-bond acceptors (Lipinski definition) is 3. The summed E-state index contributed by atoms with van der Waals surface area (Å²) in [4.78, 5) is 14.8. The summed E-state index contributed by atoms with van der Waals surface area (Å²) in [5.41, 5.74) is 2.10. The molecule has 5 nitrogen and oxygen atoms in total. The number of carbonyl (C=O) groups is 1. The van der Waals surface area contributed by atoms with Crippen LogP contribution in [-0.2, 0) is 16.1 Å². The van der Waals surface area contributed by atoms with Crippen molar-refractivity contribution in [1.29, 1.82) is 0 Å². The first kappa shape index (κ1) is 15.4. The van der Waals surface area contributed by atoms with Gasteiger partial charge in [0, 0.05) is 31.0 Å². The van der Waals surface area contributed by atoms with Crippen molar-refractivity contribution in [1.82, 2.24) is 14.7 Å². The molecule has 0 unspecified atom stereocenters. The van der Waals surface area contributed by atoms with Gasteiger partial charge in [0.25, 0.3) is 5.91 Å². The van der Waals surface area contributed by atoms with Gasteiger partial charge in [0.1, 0.15) is 6.10 Å². The summed E-state index contributed by atoms with van der Waals surface area (Å²) >= 11 is 0. The summed E-state index contributed by atoms with van der Waals surface area (Å²) in [6.45, 7) is 1.33. The standard InChI is InChI=1S/C19H23N3O2/c23-19(18-8-4-5-11-24-18)21(16-9-10-16)13-15-12-20-22(14-15)17-6-2-1-3-7-17/h1-3,6-7,12,14,16,18H,4-5,8-11,13H2/t18-/m0/s1. The van der Waals surface area contributed by atoms with Gasteiger partial charge in [-0.25, -0.2) is 4.68 Å². The molecular weight excluding hydrogens is 302 g/mol. The summed E-state index contributed by atoms with van der Waals surface area (Å²) < 4.78 is 7.56. The zero-order chi connectivity index (χ0) is 16.4. The fraction of sp³-hybridized carbons (Fsp3) is 0.474. The van der Waals surface area contributed by atoms with Gasteiger partial charge in [-0.2, -0.15) is 5.10 Å². The van der Waals surface area contributed by atoms with Crippen molar-refractivity contribution < 1.29 is 9.53 Å². The Balaban J connectivity index is 1.47. The molecule has 1 aliphatic heterocycles. The second kappa shape index (κ2) is 6.77. The zero-order valence-electron chi connectivity index (χ0n) is 13.8. The van der Waals surface area contributed by atoms with Crippen molar-refractivity contribution in [3.05, 3.63) is 48.3 Å². The summed E-state index contributed by atoms with van der Waals surface area (Å²) in [5, 5.41) is 4.44. The second-order valence-corrected chi connectivity index (χ2v) is 6.68. The van der Waals surface area contributed by atoms with Crippen LogP contribution in [0.2, 0.25) is 0 Å². The van der Waals surface area contributed by atoms with Crippen LogP contribution in [0.4, 0.5) is 0 Å². The molecule has 2 heterocycles. The van der Waals surface area contributed by atoms with Crippen molar-refractivity contribution in [3.63, 3.8) is 0 Å². The Morgan fingerprint density at radius 1 is 1.21 bits per heavy atom. The Kier molecular flexibility index (Phi) is 4.34. The number of benzene rings is 1. The molecule has 0 N–H and O–H groups in total. The van der Waals surface area contributed by atoms with Crippen LogP contribution in [0, 0.1) is 0 Å². The van der Waals surface area contributed by atoms with Crippen molar-refractivity contribution >= 4 is 5.91 Å². The summed E-state index contributed by atoms with van der Waals surface area (Å²) in [7, 11) is 0. The molecule has 1 aromatic heterocycles. The largest absolute Gasteiger partial charge is 0.368 e. The Morgan fingerprint density at radius 3 is 2.75 bits per heavy atom. The minimum absolute atomic E-state index is 0.157. The van der Waals surface area contributed by atoms with E-state index in [0.717, 1.165) is 43.4 Å². The van der Waals surface area contributed by atoms with Crippen LogP contribution in [0.15, 0.2) is 42.7 Å². The average Bonchev–Trinajstić information content (AvgIpc) is 3.38. The molecule has 0 radical (unpaired) electrons. The van der Waals surface area contributed by atoms with Gasteiger partial charge in [0.05, 0.1) is 11.9 Å². The lowest BCUT2D eigenvalue weighted by molar-refractivity contribution is -0.147. The molecule has 0 bridgehead atoms. The van der Waals surface area contributed by atoms with E-state index in [9.17, 15) is 4.79 Å². The molecule has 2 fully saturated rings. The molecule has 1 amide bonds. The highest BCUT2D eigenvalue weighted by Gasteiger charge is 2.36. The van der Waals surface area contributed by atoms with E-state index in [-0.39, 0.29) is 12.0 Å². The molecule has 2 aromatic rings. The summed E-state index contributed by atoms with van der Waals surface area (Å²) in [6.07, 6.45) is 8.83. The summed E-state index contributed by atoms with van der Waals surface area (Å²) in [6, 6.07) is 10.4. The smallest absolute Gasteiger partial charge is 0.252 e. The van der Waals surface area contributed by atoms with Gasteiger partial charge >= 0.3 is 0 Å². The third-order valence-electron chi connectivity index (χ3n) is 4.74. The number of carbonyl (C=O) groups excluding carboxylic acids is 1. The van der Waals surface area contributed by atoms with Crippen molar-refractivity contribution in [2.24, 2.45) is 0 Å². The van der Waals surface area contributed by atoms with E-state index in [4.69, 9.17) is 4.74 Å². The first-order chi connectivity index (χ1) is 11.8. The van der Waals surface area contributed by atoms with Crippen LogP contribution in [0.5, 0.6) is 0 Å². The van der Waals surface area contributed by atoms with Gasteiger partial charge in [0.2, 0.25) is 0 Å². The Morgan fingerprint density at radius 2 is 2.04 bits per heavy atom. The number of amides is 1. The lowest BCUT2D eigenvalue weighted by atomic mass is 10.1. The highest BCUT2D eigenvalue weighted by atomic mass is 16.5. The lowest BCUT2D eigenvalue weighted by Gasteiger charge is -2.29. The van der Waals surface area contributed by atoms with Crippen molar-refractivity contribution in [2.45, 2.75) is 50.8 Å². The van der Waals surface area contributed by atoms with E-state index >= 15 is 0 Å². The fourth-order valence-corrected chi connectivity index (χ4v) is 3.25. The number of para-hydroxylation sites is 1. The molecule has 0 spiro atoms. The van der Waals surface area contributed by atoms with Crippen LogP contribution in [0.3, 0.4) is 0 Å². The molecule has 24 heavy (non-hydrogen) atoms. The van der Waals surface area contributed by atoms with Crippen molar-refractivity contribution in [3.8, 4) is 5.69 Å². The second-order valence-electron chi connectivity index (χ2n) is 6.68. The van der Waals surface area contributed by atoms with Crippen LogP contribution in [0.25, 0.3) is 5.69 Å². The SMILES string of the molecule is O=C([C@@H]1CCCCO1)N(Cc1cnn(-c2ccccc2)c1)C1CC1. The number of hydrogen-bond donors (Lipinski definition) is 0. The van der Waals surface area contributed by atoms with Gasteiger partial charge in [-0.05, 0) is 44.2 Å². The van der Waals surface area contributed by atoms with Gasteiger partial charge in [-0.3, -0.25) is 4.79 Å². The van der Waals surface area contributed by atoms with E-state index in [0.29, 0.717) is 19.2 Å². The molecule has 1 saturated carbocycles. The zero-order valence-corrected chi connectivity index (χ0v) is 13.8. The van der Waals surface area contributed by atoms with Crippen LogP contribution >= 0.6 is 0 Å². The molecule has 1 aromatic carbocycles. The molecule has 1 atom stereocenters. The third kappa shape index (κ3) is 3.36. The number of aromatic nitrogens is 2. The summed E-state index contributed by atoms with van der Waals surface area (Å²) in [5.74, 6) is 0.157. The maximum Gasteiger partial charge on any atom is 0.252 e. The first-order valence-corrected chi connectivity index (χ1v) is 8.82. The van der Waals surface area contributed by atoms with E-state index in [2.05, 4.69) is 5.10 Å². The monoisotopic (exact) mass is 325 g/mol. The van der Waals surface area contributed by atoms with Crippen molar-refractivity contribution in [2.75, 3.05) is 6.61 Å². The Bertz CT molecular complexity index is 688. The van der Waals surface area contributed by atoms with Crippen LogP contribution in [-0.4, -0.2) is 39.3 Å². The lowest BCUT2D eigenvalue weighted by Crippen LogP contribution is -2.42. The predicted molar refractivity (Wildman–Crippen MR) is 90.7 cm³/mol. The van der Waals surface area contributed by atoms with Gasteiger partial charge < -0.3 is 9.64 Å². The highest BCUT2D eigenvalue weighted by Crippen LogP contribution is 2.30. The van der Waals surface area contributed by atoms with Crippen LogP contribution in [0.1, 0.15) is 37.7 Å². The molecule has 126 valence electrons.